The van der Waals surface area contributed by atoms with Crippen LogP contribution in [0.3, 0.4) is 0 Å². The fourth-order valence-electron chi connectivity index (χ4n) is 2.32. The van der Waals surface area contributed by atoms with Crippen LogP contribution < -0.4 is 10.2 Å². The van der Waals surface area contributed by atoms with Crippen molar-refractivity contribution in [1.29, 1.82) is 0 Å². The molecular weight excluding hydrogens is 278 g/mol. The second-order valence-corrected chi connectivity index (χ2v) is 6.80. The van der Waals surface area contributed by atoms with Crippen molar-refractivity contribution in [3.63, 3.8) is 0 Å². The van der Waals surface area contributed by atoms with E-state index in [0.29, 0.717) is 12.1 Å². The minimum absolute atomic E-state index is 0.343. The molecule has 0 fully saturated rings. The molecule has 1 N–H and O–H groups in total. The average Bonchev–Trinajstić information content (AvgIpc) is 2.98. The number of thiophene rings is 1. The quantitative estimate of drug-likeness (QED) is 0.869. The minimum Gasteiger partial charge on any atom is -0.352 e. The zero-order chi connectivity index (χ0) is 15.4. The summed E-state index contributed by atoms with van der Waals surface area (Å²) in [6, 6.07) is 7.35. The summed E-state index contributed by atoms with van der Waals surface area (Å²) in [7, 11) is 2.12. The molecule has 1 atom stereocenters. The standard InChI is InChI=1S/C17H25N3S/c1-12(2)18-10-15-9-13(3)17(19-11-15)20(5)14(4)16-7-6-8-21-16/h6-9,11-12,14,18H,10H2,1-5H3. The average molecular weight is 303 g/mol. The van der Waals surface area contributed by atoms with Gasteiger partial charge in [0.15, 0.2) is 0 Å². The van der Waals surface area contributed by atoms with Crippen molar-refractivity contribution >= 4 is 17.2 Å². The first-order chi connectivity index (χ1) is 9.99. The third-order valence-electron chi connectivity index (χ3n) is 3.69. The molecule has 0 aliphatic carbocycles. The molecule has 2 rings (SSSR count). The number of nitrogens with zero attached hydrogens (tertiary/aromatic N) is 2. The second-order valence-electron chi connectivity index (χ2n) is 5.82. The smallest absolute Gasteiger partial charge is 0.131 e. The van der Waals surface area contributed by atoms with E-state index < -0.39 is 0 Å². The van der Waals surface area contributed by atoms with Gasteiger partial charge in [-0.3, -0.25) is 0 Å². The van der Waals surface area contributed by atoms with Gasteiger partial charge in [-0.05, 0) is 42.5 Å². The van der Waals surface area contributed by atoms with Gasteiger partial charge < -0.3 is 10.2 Å². The Bertz CT molecular complexity index is 563. The molecule has 21 heavy (non-hydrogen) atoms. The van der Waals surface area contributed by atoms with E-state index >= 15 is 0 Å². The predicted molar refractivity (Wildman–Crippen MR) is 92.1 cm³/mol. The minimum atomic E-state index is 0.343. The molecule has 3 nitrogen and oxygen atoms in total. The molecule has 0 saturated carbocycles. The van der Waals surface area contributed by atoms with Gasteiger partial charge in [-0.15, -0.1) is 11.3 Å². The first-order valence-electron chi connectivity index (χ1n) is 7.44. The van der Waals surface area contributed by atoms with Crippen molar-refractivity contribution in [1.82, 2.24) is 10.3 Å². The zero-order valence-electron chi connectivity index (χ0n) is 13.6. The van der Waals surface area contributed by atoms with Crippen molar-refractivity contribution in [3.05, 3.63) is 45.8 Å². The summed E-state index contributed by atoms with van der Waals surface area (Å²) in [5.74, 6) is 1.06. The number of hydrogen-bond acceptors (Lipinski definition) is 4. The molecule has 0 aromatic carbocycles. The summed E-state index contributed by atoms with van der Waals surface area (Å²) >= 11 is 1.79. The number of aromatic nitrogens is 1. The van der Waals surface area contributed by atoms with E-state index in [1.807, 2.05) is 6.20 Å². The molecule has 114 valence electrons. The van der Waals surface area contributed by atoms with E-state index in [-0.39, 0.29) is 0 Å². The monoisotopic (exact) mass is 303 g/mol. The molecule has 1 unspecified atom stereocenters. The third-order valence-corrected chi connectivity index (χ3v) is 4.73. The molecule has 0 amide bonds. The normalized spacial score (nSPS) is 12.7. The molecular formula is C17H25N3S. The predicted octanol–water partition coefficient (Wildman–Crippen LogP) is 4.15. The molecule has 4 heteroatoms. The van der Waals surface area contributed by atoms with Crippen molar-refractivity contribution in [2.75, 3.05) is 11.9 Å². The van der Waals surface area contributed by atoms with Gasteiger partial charge >= 0.3 is 0 Å². The summed E-state index contributed by atoms with van der Waals surface area (Å²) in [6.45, 7) is 9.55. The lowest BCUT2D eigenvalue weighted by molar-refractivity contribution is 0.587. The van der Waals surface area contributed by atoms with Crippen LogP contribution in [0, 0.1) is 6.92 Å². The molecule has 0 radical (unpaired) electrons. The van der Waals surface area contributed by atoms with E-state index in [1.54, 1.807) is 11.3 Å². The Morgan fingerprint density at radius 3 is 2.67 bits per heavy atom. The van der Waals surface area contributed by atoms with Gasteiger partial charge in [0, 0.05) is 30.7 Å². The van der Waals surface area contributed by atoms with E-state index in [1.165, 1.54) is 16.0 Å². The third kappa shape index (κ3) is 4.05. The molecule has 0 aliphatic rings. The van der Waals surface area contributed by atoms with E-state index in [0.717, 1.165) is 12.4 Å². The number of nitrogens with one attached hydrogen (secondary N) is 1. The first kappa shape index (κ1) is 16.0. The van der Waals surface area contributed by atoms with E-state index in [4.69, 9.17) is 0 Å². The number of rotatable bonds is 6. The molecule has 0 saturated heterocycles. The highest BCUT2D eigenvalue weighted by molar-refractivity contribution is 7.10. The van der Waals surface area contributed by atoms with Gasteiger partial charge in [0.05, 0.1) is 6.04 Å². The number of anilines is 1. The molecule has 0 bridgehead atoms. The van der Waals surface area contributed by atoms with Gasteiger partial charge in [0.25, 0.3) is 0 Å². The van der Waals surface area contributed by atoms with Gasteiger partial charge in [-0.1, -0.05) is 19.9 Å². The fraction of sp³-hybridized carbons (Fsp3) is 0.471. The highest BCUT2D eigenvalue weighted by Crippen LogP contribution is 2.28. The summed E-state index contributed by atoms with van der Waals surface area (Å²) in [6.07, 6.45) is 1.98. The Morgan fingerprint density at radius 1 is 1.33 bits per heavy atom. The summed E-state index contributed by atoms with van der Waals surface area (Å²) in [4.78, 5) is 8.29. The number of pyridine rings is 1. The summed E-state index contributed by atoms with van der Waals surface area (Å²) in [5.41, 5.74) is 2.46. The lowest BCUT2D eigenvalue weighted by Gasteiger charge is -2.27. The van der Waals surface area contributed by atoms with Crippen molar-refractivity contribution < 1.29 is 0 Å². The number of hydrogen-bond donors (Lipinski definition) is 1. The Morgan fingerprint density at radius 2 is 2.10 bits per heavy atom. The van der Waals surface area contributed by atoms with Crippen LogP contribution in [-0.4, -0.2) is 18.1 Å². The zero-order valence-corrected chi connectivity index (χ0v) is 14.4. The SMILES string of the molecule is Cc1cc(CNC(C)C)cnc1N(C)C(C)c1cccs1. The van der Waals surface area contributed by atoms with E-state index in [2.05, 4.69) is 73.5 Å². The maximum Gasteiger partial charge on any atom is 0.131 e. The lowest BCUT2D eigenvalue weighted by atomic mass is 10.1. The Hall–Kier alpha value is -1.39. The summed E-state index contributed by atoms with van der Waals surface area (Å²) < 4.78 is 0. The van der Waals surface area contributed by atoms with Crippen LogP contribution in [0.15, 0.2) is 29.8 Å². The Balaban J connectivity index is 2.13. The van der Waals surface area contributed by atoms with Crippen molar-refractivity contribution in [3.8, 4) is 0 Å². The molecule has 0 spiro atoms. The molecule has 2 aromatic rings. The lowest BCUT2D eigenvalue weighted by Crippen LogP contribution is -2.24. The fourth-order valence-corrected chi connectivity index (χ4v) is 3.14. The van der Waals surface area contributed by atoms with Crippen LogP contribution in [0.25, 0.3) is 0 Å². The summed E-state index contributed by atoms with van der Waals surface area (Å²) in [5, 5.41) is 5.56. The van der Waals surface area contributed by atoms with E-state index in [9.17, 15) is 0 Å². The van der Waals surface area contributed by atoms with Crippen LogP contribution in [-0.2, 0) is 6.54 Å². The Labute approximate surface area is 132 Å². The maximum atomic E-state index is 4.68. The largest absolute Gasteiger partial charge is 0.352 e. The van der Waals surface area contributed by atoms with Crippen LogP contribution in [0.2, 0.25) is 0 Å². The molecule has 2 heterocycles. The van der Waals surface area contributed by atoms with Crippen LogP contribution in [0.4, 0.5) is 5.82 Å². The highest BCUT2D eigenvalue weighted by atomic mass is 32.1. The van der Waals surface area contributed by atoms with Crippen LogP contribution in [0.1, 0.15) is 42.8 Å². The topological polar surface area (TPSA) is 28.2 Å². The van der Waals surface area contributed by atoms with Gasteiger partial charge in [0.1, 0.15) is 5.82 Å². The first-order valence-corrected chi connectivity index (χ1v) is 8.32. The molecule has 2 aromatic heterocycles. The highest BCUT2D eigenvalue weighted by Gasteiger charge is 2.16. The van der Waals surface area contributed by atoms with Crippen molar-refractivity contribution in [2.45, 2.75) is 46.3 Å². The van der Waals surface area contributed by atoms with Gasteiger partial charge in [-0.25, -0.2) is 4.98 Å². The van der Waals surface area contributed by atoms with Crippen molar-refractivity contribution in [2.24, 2.45) is 0 Å². The number of aryl methyl sites for hydroxylation is 1. The van der Waals surface area contributed by atoms with Gasteiger partial charge in [0.2, 0.25) is 0 Å². The van der Waals surface area contributed by atoms with Gasteiger partial charge in [-0.2, -0.15) is 0 Å². The van der Waals surface area contributed by atoms with Crippen LogP contribution in [0.5, 0.6) is 0 Å². The molecule has 0 aliphatic heterocycles. The Kier molecular flexibility index (Phi) is 5.37. The van der Waals surface area contributed by atoms with Crippen LogP contribution >= 0.6 is 11.3 Å². The second kappa shape index (κ2) is 7.05. The maximum absolute atomic E-state index is 4.68.